The molecule has 0 fully saturated rings. The van der Waals surface area contributed by atoms with Gasteiger partial charge >= 0.3 is 0 Å². The second kappa shape index (κ2) is 8.86. The van der Waals surface area contributed by atoms with Crippen LogP contribution in [-0.2, 0) is 28.6 Å². The van der Waals surface area contributed by atoms with Gasteiger partial charge in [0.25, 0.3) is 5.56 Å². The van der Waals surface area contributed by atoms with Crippen molar-refractivity contribution in [3.63, 3.8) is 0 Å². The van der Waals surface area contributed by atoms with Gasteiger partial charge in [-0.2, -0.15) is 0 Å². The number of likely N-dealkylation sites (N-methyl/N-ethyl adjacent to an activating group) is 1. The Morgan fingerprint density at radius 1 is 1.19 bits per heavy atom. The van der Waals surface area contributed by atoms with Gasteiger partial charge in [0.15, 0.2) is 0 Å². The third-order valence-electron chi connectivity index (χ3n) is 4.92. The van der Waals surface area contributed by atoms with Crippen molar-refractivity contribution in [1.82, 2.24) is 14.9 Å². The van der Waals surface area contributed by atoms with Gasteiger partial charge < -0.3 is 9.88 Å². The fourth-order valence-corrected chi connectivity index (χ4v) is 5.71. The van der Waals surface area contributed by atoms with Crippen molar-refractivity contribution in [2.24, 2.45) is 0 Å². The molecule has 0 aliphatic heterocycles. The summed E-state index contributed by atoms with van der Waals surface area (Å²) in [6, 6.07) is 11.4. The number of hydrogen-bond donors (Lipinski definition) is 1. The zero-order valence-electron chi connectivity index (χ0n) is 17.3. The van der Waals surface area contributed by atoms with Crippen LogP contribution in [0.25, 0.3) is 20.7 Å². The molecule has 1 N–H and O–H groups in total. The Bertz CT molecular complexity index is 1340. The fraction of sp³-hybridized carbons (Fsp3) is 0.227. The summed E-state index contributed by atoms with van der Waals surface area (Å²) < 4.78 is 11.5. The molecule has 0 radical (unpaired) electrons. The molecule has 0 aliphatic carbocycles. The van der Waals surface area contributed by atoms with Crippen molar-refractivity contribution in [3.8, 4) is 10.4 Å². The van der Waals surface area contributed by atoms with Crippen molar-refractivity contribution in [2.45, 2.75) is 24.8 Å². The van der Waals surface area contributed by atoms with E-state index in [1.807, 2.05) is 36.6 Å². The average Bonchev–Trinajstić information content (AvgIpc) is 3.34. The van der Waals surface area contributed by atoms with Crippen LogP contribution in [0.2, 0.25) is 0 Å². The first kappa shape index (κ1) is 21.6. The highest BCUT2D eigenvalue weighted by Crippen LogP contribution is 2.34. The highest BCUT2D eigenvalue weighted by Gasteiger charge is 2.17. The van der Waals surface area contributed by atoms with Gasteiger partial charge in [-0.05, 0) is 36.8 Å². The largest absolute Gasteiger partial charge is 0.341 e. The number of aromatic amines is 1. The third-order valence-corrected chi connectivity index (χ3v) is 7.76. The van der Waals surface area contributed by atoms with E-state index in [2.05, 4.69) is 9.97 Å². The summed E-state index contributed by atoms with van der Waals surface area (Å²) in [5, 5.41) is 2.52. The predicted octanol–water partition coefficient (Wildman–Crippen LogP) is 3.96. The van der Waals surface area contributed by atoms with Crippen LogP contribution >= 0.6 is 22.7 Å². The van der Waals surface area contributed by atoms with E-state index in [0.717, 1.165) is 20.9 Å². The SMILES string of the molecule is Cc1ccc(-c2csc3nc(CC(=O)N(C)Cc4ccc(S(C)=O)cc4)[nH]c(=O)c23)s1. The zero-order chi connectivity index (χ0) is 22.1. The van der Waals surface area contributed by atoms with Crippen LogP contribution in [0.15, 0.2) is 51.5 Å². The number of aryl methyl sites for hydroxylation is 1. The molecular formula is C22H21N3O3S3. The fourth-order valence-electron chi connectivity index (χ4n) is 3.26. The maximum atomic E-state index is 12.8. The van der Waals surface area contributed by atoms with Gasteiger partial charge in [0.1, 0.15) is 10.7 Å². The van der Waals surface area contributed by atoms with E-state index < -0.39 is 10.8 Å². The number of amides is 1. The molecule has 31 heavy (non-hydrogen) atoms. The van der Waals surface area contributed by atoms with E-state index in [1.165, 1.54) is 16.2 Å². The number of nitrogens with zero attached hydrogens (tertiary/aromatic N) is 2. The van der Waals surface area contributed by atoms with Gasteiger partial charge in [-0.3, -0.25) is 13.8 Å². The van der Waals surface area contributed by atoms with Gasteiger partial charge in [-0.25, -0.2) is 4.98 Å². The van der Waals surface area contributed by atoms with Crippen molar-refractivity contribution < 1.29 is 9.00 Å². The molecular weight excluding hydrogens is 450 g/mol. The minimum absolute atomic E-state index is 0.0179. The molecule has 4 aromatic rings. The Morgan fingerprint density at radius 2 is 1.94 bits per heavy atom. The van der Waals surface area contributed by atoms with E-state index in [0.29, 0.717) is 22.6 Å². The molecule has 0 bridgehead atoms. The quantitative estimate of drug-likeness (QED) is 0.461. The molecule has 0 aliphatic rings. The lowest BCUT2D eigenvalue weighted by Crippen LogP contribution is -2.29. The van der Waals surface area contributed by atoms with Crippen molar-refractivity contribution in [1.29, 1.82) is 0 Å². The van der Waals surface area contributed by atoms with E-state index in [9.17, 15) is 13.8 Å². The smallest absolute Gasteiger partial charge is 0.260 e. The summed E-state index contributed by atoms with van der Waals surface area (Å²) >= 11 is 3.05. The minimum atomic E-state index is -1.03. The van der Waals surface area contributed by atoms with Crippen LogP contribution in [0.4, 0.5) is 0 Å². The van der Waals surface area contributed by atoms with Crippen LogP contribution in [-0.4, -0.2) is 38.3 Å². The second-order valence-electron chi connectivity index (χ2n) is 7.28. The Kier molecular flexibility index (Phi) is 6.17. The third kappa shape index (κ3) is 4.68. The Labute approximate surface area is 190 Å². The lowest BCUT2D eigenvalue weighted by Gasteiger charge is -2.17. The minimum Gasteiger partial charge on any atom is -0.341 e. The van der Waals surface area contributed by atoms with Gasteiger partial charge in [-0.15, -0.1) is 22.7 Å². The van der Waals surface area contributed by atoms with Crippen molar-refractivity contribution in [2.75, 3.05) is 13.3 Å². The monoisotopic (exact) mass is 471 g/mol. The highest BCUT2D eigenvalue weighted by molar-refractivity contribution is 7.84. The Balaban J connectivity index is 1.50. The number of rotatable bonds is 6. The molecule has 6 nitrogen and oxygen atoms in total. The topological polar surface area (TPSA) is 83.1 Å². The molecule has 4 rings (SSSR count). The van der Waals surface area contributed by atoms with E-state index in [-0.39, 0.29) is 17.9 Å². The molecule has 1 aromatic carbocycles. The van der Waals surface area contributed by atoms with Crippen LogP contribution in [0.5, 0.6) is 0 Å². The molecule has 1 amide bonds. The summed E-state index contributed by atoms with van der Waals surface area (Å²) in [6.45, 7) is 2.45. The number of carbonyl (C=O) groups excluding carboxylic acids is 1. The Morgan fingerprint density at radius 3 is 2.58 bits per heavy atom. The summed E-state index contributed by atoms with van der Waals surface area (Å²) in [7, 11) is 0.686. The van der Waals surface area contributed by atoms with E-state index >= 15 is 0 Å². The second-order valence-corrected chi connectivity index (χ2v) is 10.8. The number of H-pyrrole nitrogens is 1. The van der Waals surface area contributed by atoms with Crippen LogP contribution in [0.1, 0.15) is 16.3 Å². The maximum absolute atomic E-state index is 12.8. The molecule has 0 saturated heterocycles. The molecule has 1 unspecified atom stereocenters. The molecule has 3 aromatic heterocycles. The highest BCUT2D eigenvalue weighted by atomic mass is 32.2. The van der Waals surface area contributed by atoms with E-state index in [1.54, 1.807) is 41.7 Å². The van der Waals surface area contributed by atoms with Gasteiger partial charge in [0, 0.05) is 56.2 Å². The molecule has 160 valence electrons. The van der Waals surface area contributed by atoms with Crippen LogP contribution in [0.3, 0.4) is 0 Å². The summed E-state index contributed by atoms with van der Waals surface area (Å²) in [4.78, 5) is 38.0. The van der Waals surface area contributed by atoms with Crippen molar-refractivity contribution >= 4 is 49.6 Å². The summed E-state index contributed by atoms with van der Waals surface area (Å²) in [5.41, 5.74) is 1.61. The first-order valence-corrected chi connectivity index (χ1v) is 12.8. The molecule has 9 heteroatoms. The number of thiophene rings is 2. The van der Waals surface area contributed by atoms with E-state index in [4.69, 9.17) is 0 Å². The maximum Gasteiger partial charge on any atom is 0.260 e. The number of carbonyl (C=O) groups is 1. The summed E-state index contributed by atoms with van der Waals surface area (Å²) in [6.07, 6.45) is 1.65. The van der Waals surface area contributed by atoms with Crippen LogP contribution < -0.4 is 5.56 Å². The number of aromatic nitrogens is 2. The Hall–Kier alpha value is -2.62. The van der Waals surface area contributed by atoms with Gasteiger partial charge in [0.2, 0.25) is 5.91 Å². The summed E-state index contributed by atoms with van der Waals surface area (Å²) in [5.74, 6) is 0.221. The first-order chi connectivity index (χ1) is 14.8. The normalized spacial score (nSPS) is 12.2. The predicted molar refractivity (Wildman–Crippen MR) is 127 cm³/mol. The number of nitrogens with one attached hydrogen (secondary N) is 1. The van der Waals surface area contributed by atoms with Gasteiger partial charge in [0.05, 0.1) is 11.8 Å². The number of fused-ring (bicyclic) bond motifs is 1. The van der Waals surface area contributed by atoms with Crippen LogP contribution in [0, 0.1) is 6.92 Å². The van der Waals surface area contributed by atoms with Gasteiger partial charge in [-0.1, -0.05) is 12.1 Å². The molecule has 0 saturated carbocycles. The number of benzene rings is 1. The lowest BCUT2D eigenvalue weighted by molar-refractivity contribution is -0.129. The molecule has 0 spiro atoms. The standard InChI is InChI=1S/C22H21N3O3S3/c1-13-4-9-17(30-13)16-12-29-22-20(16)21(27)23-18(24-22)10-19(26)25(2)11-14-5-7-15(8-6-14)31(3)28/h4-9,12H,10-11H2,1-3H3,(H,23,24,27). The first-order valence-electron chi connectivity index (χ1n) is 9.55. The molecule has 1 atom stereocenters. The zero-order valence-corrected chi connectivity index (χ0v) is 19.7. The molecule has 3 heterocycles. The lowest BCUT2D eigenvalue weighted by atomic mass is 10.2. The number of hydrogen-bond acceptors (Lipinski definition) is 6. The average molecular weight is 472 g/mol. The van der Waals surface area contributed by atoms with Crippen molar-refractivity contribution in [3.05, 3.63) is 68.4 Å².